The minimum absolute atomic E-state index is 0.0825. The van der Waals surface area contributed by atoms with E-state index in [1.54, 1.807) is 4.90 Å². The molecule has 0 bridgehead atoms. The molecule has 1 heterocycles. The Morgan fingerprint density at radius 1 is 1.06 bits per heavy atom. The Kier molecular flexibility index (Phi) is 7.88. The smallest absolute Gasteiger partial charge is 0.317 e. The van der Waals surface area contributed by atoms with E-state index in [9.17, 15) is 4.79 Å². The fraction of sp³-hybridized carbons (Fsp3) is 0.500. The molecule has 2 amide bonds. The molecule has 0 spiro atoms. The van der Waals surface area contributed by atoms with Crippen molar-refractivity contribution >= 4 is 11.7 Å². The van der Waals surface area contributed by atoms with E-state index >= 15 is 0 Å². The molecule has 2 aromatic rings. The van der Waals surface area contributed by atoms with Crippen LogP contribution in [0.25, 0.3) is 0 Å². The molecule has 0 atom stereocenters. The third-order valence-corrected chi connectivity index (χ3v) is 6.28. The molecule has 1 saturated heterocycles. The molecule has 32 heavy (non-hydrogen) atoms. The van der Waals surface area contributed by atoms with Crippen molar-refractivity contribution in [3.8, 4) is 5.75 Å². The third-order valence-electron chi connectivity index (χ3n) is 6.28. The Balaban J connectivity index is 1.24. The summed E-state index contributed by atoms with van der Waals surface area (Å²) in [5.41, 5.74) is 3.37. The Hall–Kier alpha value is -2.73. The van der Waals surface area contributed by atoms with Crippen LogP contribution in [0, 0.1) is 0 Å². The highest BCUT2D eigenvalue weighted by Crippen LogP contribution is 2.24. The van der Waals surface area contributed by atoms with Crippen LogP contribution in [0.1, 0.15) is 43.2 Å². The maximum absolute atomic E-state index is 12.6. The van der Waals surface area contributed by atoms with Gasteiger partial charge in [-0.15, -0.1) is 0 Å². The molecule has 0 aromatic heterocycles. The van der Waals surface area contributed by atoms with E-state index in [-0.39, 0.29) is 6.03 Å². The predicted molar refractivity (Wildman–Crippen MR) is 127 cm³/mol. The van der Waals surface area contributed by atoms with Crippen molar-refractivity contribution in [2.45, 2.75) is 51.3 Å². The van der Waals surface area contributed by atoms with Crippen molar-refractivity contribution in [3.63, 3.8) is 0 Å². The number of morpholine rings is 1. The number of ether oxygens (including phenoxy) is 2. The summed E-state index contributed by atoms with van der Waals surface area (Å²) in [4.78, 5) is 16.6. The lowest BCUT2D eigenvalue weighted by Crippen LogP contribution is -2.36. The topological polar surface area (TPSA) is 54.0 Å². The molecule has 2 aliphatic rings. The van der Waals surface area contributed by atoms with Crippen LogP contribution in [0.2, 0.25) is 0 Å². The maximum Gasteiger partial charge on any atom is 0.317 e. The number of benzene rings is 2. The van der Waals surface area contributed by atoms with E-state index in [1.165, 1.54) is 24.9 Å². The first-order valence-electron chi connectivity index (χ1n) is 11.8. The van der Waals surface area contributed by atoms with Gasteiger partial charge in [-0.05, 0) is 61.1 Å². The molecule has 1 aliphatic carbocycles. The van der Waals surface area contributed by atoms with Crippen LogP contribution in [0.4, 0.5) is 10.5 Å². The lowest BCUT2D eigenvalue weighted by atomic mass is 9.98. The second-order valence-corrected chi connectivity index (χ2v) is 8.81. The molecule has 0 unspecified atom stereocenters. The van der Waals surface area contributed by atoms with E-state index < -0.39 is 0 Å². The fourth-order valence-electron chi connectivity index (χ4n) is 4.40. The summed E-state index contributed by atoms with van der Waals surface area (Å²) in [6.45, 7) is 4.46. The van der Waals surface area contributed by atoms with Gasteiger partial charge in [-0.1, -0.05) is 30.7 Å². The van der Waals surface area contributed by atoms with Gasteiger partial charge in [0.15, 0.2) is 0 Å². The van der Waals surface area contributed by atoms with Crippen LogP contribution < -0.4 is 15.0 Å². The van der Waals surface area contributed by atoms with Gasteiger partial charge in [0.05, 0.1) is 19.3 Å². The number of anilines is 1. The number of nitrogens with one attached hydrogen (secondary N) is 1. The average molecular weight is 438 g/mol. The zero-order valence-corrected chi connectivity index (χ0v) is 19.1. The molecule has 172 valence electrons. The summed E-state index contributed by atoms with van der Waals surface area (Å²) in [6.07, 6.45) is 6.43. The number of nitrogens with zero attached hydrogens (tertiary/aromatic N) is 2. The number of urea groups is 1. The quantitative estimate of drug-likeness (QED) is 0.689. The molecule has 6 nitrogen and oxygen atoms in total. The van der Waals surface area contributed by atoms with Gasteiger partial charge in [-0.3, -0.25) is 0 Å². The Morgan fingerprint density at radius 2 is 1.81 bits per heavy atom. The van der Waals surface area contributed by atoms with Crippen LogP contribution in [0.3, 0.4) is 0 Å². The number of hydrogen-bond acceptors (Lipinski definition) is 4. The normalized spacial score (nSPS) is 17.1. The van der Waals surface area contributed by atoms with E-state index in [0.717, 1.165) is 56.0 Å². The summed E-state index contributed by atoms with van der Waals surface area (Å²) in [5.74, 6) is 0.900. The lowest BCUT2D eigenvalue weighted by Gasteiger charge is -2.29. The van der Waals surface area contributed by atoms with Gasteiger partial charge in [0.1, 0.15) is 5.75 Å². The number of rotatable bonds is 7. The van der Waals surface area contributed by atoms with Crippen molar-refractivity contribution in [3.05, 3.63) is 59.7 Å². The van der Waals surface area contributed by atoms with E-state index in [0.29, 0.717) is 19.2 Å². The molecule has 2 fully saturated rings. The van der Waals surface area contributed by atoms with E-state index in [4.69, 9.17) is 9.47 Å². The molecule has 0 radical (unpaired) electrons. The molecule has 1 saturated carbocycles. The Morgan fingerprint density at radius 3 is 2.56 bits per heavy atom. The van der Waals surface area contributed by atoms with Gasteiger partial charge in [-0.2, -0.15) is 0 Å². The highest BCUT2D eigenvalue weighted by atomic mass is 16.5. The monoisotopic (exact) mass is 437 g/mol. The second kappa shape index (κ2) is 11.2. The van der Waals surface area contributed by atoms with Gasteiger partial charge in [0.2, 0.25) is 0 Å². The highest BCUT2D eigenvalue weighted by Gasteiger charge is 2.15. The molecule has 1 aliphatic heterocycles. The first kappa shape index (κ1) is 22.5. The molecule has 4 rings (SSSR count). The van der Waals surface area contributed by atoms with Crippen LogP contribution in [0.15, 0.2) is 48.5 Å². The second-order valence-electron chi connectivity index (χ2n) is 8.81. The first-order chi connectivity index (χ1) is 15.7. The third kappa shape index (κ3) is 6.39. The molecule has 6 heteroatoms. The Labute approximate surface area is 191 Å². The highest BCUT2D eigenvalue weighted by molar-refractivity contribution is 5.73. The molecule has 2 aromatic carbocycles. The predicted octanol–water partition coefficient (Wildman–Crippen LogP) is 4.58. The van der Waals surface area contributed by atoms with Crippen LogP contribution in [-0.2, 0) is 17.8 Å². The minimum Gasteiger partial charge on any atom is -0.490 e. The zero-order chi connectivity index (χ0) is 22.2. The zero-order valence-electron chi connectivity index (χ0n) is 19.1. The average Bonchev–Trinajstić information content (AvgIpc) is 2.84. The lowest BCUT2D eigenvalue weighted by molar-refractivity contribution is 0.122. The number of amides is 2. The summed E-state index contributed by atoms with van der Waals surface area (Å²) >= 11 is 0. The minimum atomic E-state index is -0.0825. The Bertz CT molecular complexity index is 859. The van der Waals surface area contributed by atoms with Crippen molar-refractivity contribution < 1.29 is 14.3 Å². The van der Waals surface area contributed by atoms with Crippen molar-refractivity contribution in [1.29, 1.82) is 0 Å². The van der Waals surface area contributed by atoms with Gasteiger partial charge in [0.25, 0.3) is 0 Å². The van der Waals surface area contributed by atoms with E-state index in [2.05, 4.69) is 34.5 Å². The summed E-state index contributed by atoms with van der Waals surface area (Å²) in [6, 6.07) is 16.4. The molecular weight excluding hydrogens is 402 g/mol. The SMILES string of the molecule is CN(Cc1ccc(N2CCOCC2)cc1)C(=O)NCc1cccc(OC2CCCCC2)c1. The van der Waals surface area contributed by atoms with Crippen LogP contribution in [0.5, 0.6) is 5.75 Å². The molecular formula is C26H35N3O3. The van der Waals surface area contributed by atoms with E-state index in [1.807, 2.05) is 31.3 Å². The van der Waals surface area contributed by atoms with Crippen molar-refractivity contribution in [2.24, 2.45) is 0 Å². The summed E-state index contributed by atoms with van der Waals surface area (Å²) < 4.78 is 11.6. The first-order valence-corrected chi connectivity index (χ1v) is 11.8. The molecule has 1 N–H and O–H groups in total. The van der Waals surface area contributed by atoms with Gasteiger partial charge in [-0.25, -0.2) is 4.79 Å². The summed E-state index contributed by atoms with van der Waals surface area (Å²) in [7, 11) is 1.83. The standard InChI is InChI=1S/C26H35N3O3/c1-28(20-21-10-12-23(13-11-21)29-14-16-31-17-15-29)26(30)27-19-22-6-5-9-25(18-22)32-24-7-3-2-4-8-24/h5-6,9-13,18,24H,2-4,7-8,14-17,19-20H2,1H3,(H,27,30). The van der Waals surface area contributed by atoms with Gasteiger partial charge in [0, 0.05) is 38.9 Å². The van der Waals surface area contributed by atoms with Crippen LogP contribution >= 0.6 is 0 Å². The largest absolute Gasteiger partial charge is 0.490 e. The van der Waals surface area contributed by atoms with Crippen LogP contribution in [-0.4, -0.2) is 50.4 Å². The summed E-state index contributed by atoms with van der Waals surface area (Å²) in [5, 5.41) is 3.02. The van der Waals surface area contributed by atoms with Gasteiger partial charge >= 0.3 is 6.03 Å². The number of hydrogen-bond donors (Lipinski definition) is 1. The maximum atomic E-state index is 12.6. The fourth-order valence-corrected chi connectivity index (χ4v) is 4.40. The van der Waals surface area contributed by atoms with Gasteiger partial charge < -0.3 is 24.6 Å². The number of carbonyl (C=O) groups excluding carboxylic acids is 1. The van der Waals surface area contributed by atoms with Crippen molar-refractivity contribution in [2.75, 3.05) is 38.3 Å². The van der Waals surface area contributed by atoms with Crippen molar-refractivity contribution in [1.82, 2.24) is 10.2 Å². The number of carbonyl (C=O) groups is 1.